The first-order valence-electron chi connectivity index (χ1n) is 10.0. The zero-order valence-corrected chi connectivity index (χ0v) is 17.5. The molecular weight excluding hydrogens is 400 g/mol. The minimum absolute atomic E-state index is 0.0137. The van der Waals surface area contributed by atoms with Crippen LogP contribution in [-0.4, -0.2) is 43.3 Å². The third-order valence-corrected chi connectivity index (χ3v) is 4.81. The fourth-order valence-electron chi connectivity index (χ4n) is 3.19. The molecule has 1 aliphatic heterocycles. The monoisotopic (exact) mass is 424 g/mol. The second-order valence-corrected chi connectivity index (χ2v) is 7.04. The number of benzene rings is 2. The van der Waals surface area contributed by atoms with Crippen molar-refractivity contribution in [2.45, 2.75) is 26.7 Å². The van der Waals surface area contributed by atoms with Gasteiger partial charge in [0, 0.05) is 17.7 Å². The molecule has 8 heteroatoms. The van der Waals surface area contributed by atoms with Crippen molar-refractivity contribution in [2.24, 2.45) is 0 Å². The molecule has 2 aromatic carbocycles. The van der Waals surface area contributed by atoms with E-state index in [9.17, 15) is 19.2 Å². The Balaban J connectivity index is 1.75. The molecule has 0 aliphatic carbocycles. The van der Waals surface area contributed by atoms with Crippen molar-refractivity contribution < 1.29 is 28.7 Å². The van der Waals surface area contributed by atoms with Gasteiger partial charge in [-0.15, -0.1) is 0 Å². The summed E-state index contributed by atoms with van der Waals surface area (Å²) in [5, 5.41) is 2.80. The van der Waals surface area contributed by atoms with Crippen molar-refractivity contribution in [3.63, 3.8) is 0 Å². The van der Waals surface area contributed by atoms with Gasteiger partial charge < -0.3 is 14.8 Å². The first-order valence-corrected chi connectivity index (χ1v) is 10.0. The molecule has 0 radical (unpaired) electrons. The number of fused-ring (bicyclic) bond motifs is 1. The third kappa shape index (κ3) is 5.48. The van der Waals surface area contributed by atoms with Gasteiger partial charge in [0.05, 0.1) is 18.7 Å². The van der Waals surface area contributed by atoms with Crippen molar-refractivity contribution in [3.8, 4) is 5.75 Å². The highest BCUT2D eigenvalue weighted by molar-refractivity contribution is 6.06. The van der Waals surface area contributed by atoms with Crippen LogP contribution in [0.4, 0.5) is 11.4 Å². The van der Waals surface area contributed by atoms with Crippen molar-refractivity contribution in [3.05, 3.63) is 53.6 Å². The average molecular weight is 424 g/mol. The highest BCUT2D eigenvalue weighted by atomic mass is 16.5. The second kappa shape index (κ2) is 9.88. The summed E-state index contributed by atoms with van der Waals surface area (Å²) in [6.07, 6.45) is -0.0398. The third-order valence-electron chi connectivity index (χ3n) is 4.81. The molecule has 0 saturated heterocycles. The van der Waals surface area contributed by atoms with E-state index in [2.05, 4.69) is 5.32 Å². The number of Topliss-reactive ketones (excluding diaryl/α,β-unsaturated/α-hetero) is 1. The predicted molar refractivity (Wildman–Crippen MR) is 114 cm³/mol. The van der Waals surface area contributed by atoms with E-state index in [1.165, 1.54) is 11.0 Å². The number of para-hydroxylation sites is 1. The Morgan fingerprint density at radius 3 is 2.65 bits per heavy atom. The van der Waals surface area contributed by atoms with Crippen LogP contribution in [0.1, 0.15) is 35.7 Å². The van der Waals surface area contributed by atoms with Gasteiger partial charge >= 0.3 is 5.97 Å². The van der Waals surface area contributed by atoms with Crippen molar-refractivity contribution in [1.82, 2.24) is 0 Å². The lowest BCUT2D eigenvalue weighted by atomic mass is 10.0. The fraction of sp³-hybridized carbons (Fsp3) is 0.304. The Hall–Kier alpha value is -3.68. The summed E-state index contributed by atoms with van der Waals surface area (Å²) in [7, 11) is 0. The van der Waals surface area contributed by atoms with Crippen LogP contribution in [0.5, 0.6) is 5.75 Å². The Kier molecular flexibility index (Phi) is 7.02. The number of ether oxygens (including phenoxy) is 2. The van der Waals surface area contributed by atoms with Gasteiger partial charge in [-0.2, -0.15) is 0 Å². The van der Waals surface area contributed by atoms with Crippen LogP contribution in [0.25, 0.3) is 0 Å². The Bertz CT molecular complexity index is 1020. The lowest BCUT2D eigenvalue weighted by Crippen LogP contribution is -2.43. The molecule has 162 valence electrons. The maximum Gasteiger partial charge on any atom is 0.306 e. The fourth-order valence-corrected chi connectivity index (χ4v) is 3.19. The number of aryl methyl sites for hydroxylation is 1. The Morgan fingerprint density at radius 1 is 1.13 bits per heavy atom. The maximum absolute atomic E-state index is 12.6. The van der Waals surface area contributed by atoms with E-state index in [0.717, 1.165) is 5.56 Å². The SMILES string of the molecule is CCOC(=O)CCC(=O)c1ccc2c(c1)N(CC(=O)Nc1ccccc1C)C(=O)CO2. The summed E-state index contributed by atoms with van der Waals surface area (Å²) >= 11 is 0. The number of carbonyl (C=O) groups is 4. The minimum Gasteiger partial charge on any atom is -0.482 e. The number of carbonyl (C=O) groups excluding carboxylic acids is 4. The molecule has 0 atom stereocenters. The maximum atomic E-state index is 12.6. The summed E-state index contributed by atoms with van der Waals surface area (Å²) in [6.45, 7) is 3.42. The van der Waals surface area contributed by atoms with Gasteiger partial charge in [-0.1, -0.05) is 18.2 Å². The van der Waals surface area contributed by atoms with Gasteiger partial charge in [-0.3, -0.25) is 24.1 Å². The van der Waals surface area contributed by atoms with Crippen LogP contribution >= 0.6 is 0 Å². The van der Waals surface area contributed by atoms with Gasteiger partial charge in [0.1, 0.15) is 12.3 Å². The minimum atomic E-state index is -0.443. The van der Waals surface area contributed by atoms with Crippen LogP contribution < -0.4 is 15.0 Å². The smallest absolute Gasteiger partial charge is 0.306 e. The van der Waals surface area contributed by atoms with E-state index in [1.54, 1.807) is 25.1 Å². The van der Waals surface area contributed by atoms with Gasteiger partial charge in [0.2, 0.25) is 5.91 Å². The molecule has 0 unspecified atom stereocenters. The summed E-state index contributed by atoms with van der Waals surface area (Å²) in [4.78, 5) is 50.3. The van der Waals surface area contributed by atoms with Crippen LogP contribution in [-0.2, 0) is 19.1 Å². The number of rotatable bonds is 8. The molecule has 1 heterocycles. The van der Waals surface area contributed by atoms with Crippen molar-refractivity contribution in [2.75, 3.05) is 30.0 Å². The van der Waals surface area contributed by atoms with Gasteiger partial charge in [-0.05, 0) is 43.7 Å². The second-order valence-electron chi connectivity index (χ2n) is 7.04. The van der Waals surface area contributed by atoms with E-state index < -0.39 is 5.97 Å². The summed E-state index contributed by atoms with van der Waals surface area (Å²) in [6, 6.07) is 12.0. The van der Waals surface area contributed by atoms with E-state index in [1.807, 2.05) is 25.1 Å². The number of ketones is 1. The number of hydrogen-bond acceptors (Lipinski definition) is 6. The molecule has 8 nitrogen and oxygen atoms in total. The average Bonchev–Trinajstić information content (AvgIpc) is 2.75. The summed E-state index contributed by atoms with van der Waals surface area (Å²) in [5.41, 5.74) is 2.24. The standard InChI is InChI=1S/C23H24N2O6/c1-3-30-23(29)11-9-19(26)16-8-10-20-18(12-16)25(22(28)14-31-20)13-21(27)24-17-7-5-4-6-15(17)2/h4-8,10,12H,3,9,11,13-14H2,1-2H3,(H,24,27). The number of hydrogen-bond donors (Lipinski definition) is 1. The highest BCUT2D eigenvalue weighted by Gasteiger charge is 2.28. The summed E-state index contributed by atoms with van der Waals surface area (Å²) in [5.74, 6) is -1.05. The molecule has 3 rings (SSSR count). The van der Waals surface area contributed by atoms with E-state index in [0.29, 0.717) is 22.7 Å². The number of nitrogens with one attached hydrogen (secondary N) is 1. The molecule has 0 saturated carbocycles. The number of anilines is 2. The van der Waals surface area contributed by atoms with Crippen molar-refractivity contribution in [1.29, 1.82) is 0 Å². The molecule has 2 aromatic rings. The Morgan fingerprint density at radius 2 is 1.90 bits per heavy atom. The van der Waals surface area contributed by atoms with Crippen molar-refractivity contribution >= 4 is 34.9 Å². The van der Waals surface area contributed by atoms with Gasteiger partial charge in [-0.25, -0.2) is 0 Å². The first kappa shape index (κ1) is 22.0. The van der Waals surface area contributed by atoms with Crippen LogP contribution in [0.2, 0.25) is 0 Å². The number of esters is 1. The molecule has 31 heavy (non-hydrogen) atoms. The zero-order chi connectivity index (χ0) is 22.4. The number of nitrogens with zero attached hydrogens (tertiary/aromatic N) is 1. The molecule has 1 N–H and O–H groups in total. The van der Waals surface area contributed by atoms with E-state index in [4.69, 9.17) is 9.47 Å². The normalized spacial score (nSPS) is 12.6. The molecular formula is C23H24N2O6. The summed E-state index contributed by atoms with van der Waals surface area (Å²) < 4.78 is 10.3. The number of amides is 2. The van der Waals surface area contributed by atoms with Crippen LogP contribution in [0, 0.1) is 6.92 Å². The quantitative estimate of drug-likeness (QED) is 0.516. The zero-order valence-electron chi connectivity index (χ0n) is 17.5. The highest BCUT2D eigenvalue weighted by Crippen LogP contribution is 2.33. The molecule has 2 amide bonds. The van der Waals surface area contributed by atoms with Gasteiger partial charge in [0.15, 0.2) is 12.4 Å². The first-order chi connectivity index (χ1) is 14.9. The van der Waals surface area contributed by atoms with E-state index >= 15 is 0 Å². The molecule has 0 aromatic heterocycles. The van der Waals surface area contributed by atoms with Crippen LogP contribution in [0.3, 0.4) is 0 Å². The predicted octanol–water partition coefficient (Wildman–Crippen LogP) is 2.89. The largest absolute Gasteiger partial charge is 0.482 e. The van der Waals surface area contributed by atoms with E-state index in [-0.39, 0.29) is 50.2 Å². The van der Waals surface area contributed by atoms with Gasteiger partial charge in [0.25, 0.3) is 5.91 Å². The van der Waals surface area contributed by atoms with Crippen LogP contribution in [0.15, 0.2) is 42.5 Å². The molecule has 0 fully saturated rings. The molecule has 0 bridgehead atoms. The Labute approximate surface area is 180 Å². The topological polar surface area (TPSA) is 102 Å². The lowest BCUT2D eigenvalue weighted by molar-refractivity contribution is -0.143. The molecule has 0 spiro atoms. The lowest BCUT2D eigenvalue weighted by Gasteiger charge is -2.29. The molecule has 1 aliphatic rings.